The quantitative estimate of drug-likeness (QED) is 0.303. The summed E-state index contributed by atoms with van der Waals surface area (Å²) in [6.45, 7) is 3.22. The van der Waals surface area contributed by atoms with Crippen LogP contribution in [0.5, 0.6) is 0 Å². The van der Waals surface area contributed by atoms with Crippen LogP contribution >= 0.6 is 0 Å². The number of hydrogen-bond acceptors (Lipinski definition) is 5. The zero-order chi connectivity index (χ0) is 24.1. The van der Waals surface area contributed by atoms with E-state index in [-0.39, 0.29) is 45.7 Å². The van der Waals surface area contributed by atoms with Gasteiger partial charge >= 0.3 is 34.1 Å². The number of benzene rings is 1. The van der Waals surface area contributed by atoms with Gasteiger partial charge in [0.25, 0.3) is 0 Å². The van der Waals surface area contributed by atoms with Gasteiger partial charge in [-0.05, 0) is 94.8 Å². The van der Waals surface area contributed by atoms with Gasteiger partial charge in [-0.25, -0.2) is 0 Å². The third kappa shape index (κ3) is 13.4. The van der Waals surface area contributed by atoms with Crippen molar-refractivity contribution in [3.63, 3.8) is 0 Å². The number of carboxylic acids is 1. The third-order valence-electron chi connectivity index (χ3n) is 4.63. The van der Waals surface area contributed by atoms with E-state index in [2.05, 4.69) is 10.3 Å². The molecule has 0 unspecified atom stereocenters. The van der Waals surface area contributed by atoms with E-state index in [1.807, 2.05) is 88.2 Å². The number of H-pyrrole nitrogens is 1. The Balaban J connectivity index is 0.000000688. The van der Waals surface area contributed by atoms with E-state index in [9.17, 15) is 19.8 Å². The predicted octanol–water partition coefficient (Wildman–Crippen LogP) is 1.68. The Bertz CT molecular complexity index is 894. The van der Waals surface area contributed by atoms with E-state index in [1.54, 1.807) is 0 Å². The number of nitrogens with one attached hydrogen (secondary N) is 2. The maximum atomic E-state index is 11.3. The largest absolute Gasteiger partial charge is 2.00 e. The van der Waals surface area contributed by atoms with Crippen LogP contribution < -0.4 is 15.5 Å². The standard InChI is InChI=1S/C17H17N2O2.C5H8O2.C5H5.Cu.Fe/c20-17(21)16(18-10-12-5-1-2-6-12)9-13-11-19-15-8-4-3-7-14(13)15;1-4(6)3-5(2)7;1-2-4-5-3-1;;/h1-8,11,16,18-19H,9-10H2,(H,20,21);3,6H,1-2H3;1-5H;;/q;;;2*+2/p-2/b;4-3-;;;/t16-;;;;/m0..../s1. The van der Waals surface area contributed by atoms with Gasteiger partial charge in [0.2, 0.25) is 0 Å². The van der Waals surface area contributed by atoms with Crippen molar-refractivity contribution in [3.05, 3.63) is 112 Å². The van der Waals surface area contributed by atoms with Gasteiger partial charge < -0.3 is 25.3 Å². The van der Waals surface area contributed by atoms with E-state index in [4.69, 9.17) is 0 Å². The Hall–Kier alpha value is -1.56. The molecule has 0 bridgehead atoms. The number of aromatic amines is 1. The Kier molecular flexibility index (Phi) is 17.8. The van der Waals surface area contributed by atoms with E-state index in [0.29, 0.717) is 13.0 Å². The molecular weight excluding hydrogens is 536 g/mol. The second-order valence-corrected chi connectivity index (χ2v) is 7.44. The number of rotatable bonds is 7. The summed E-state index contributed by atoms with van der Waals surface area (Å²) in [6, 6.07) is 7.16. The van der Waals surface area contributed by atoms with Gasteiger partial charge in [0, 0.05) is 23.6 Å². The molecule has 2 fully saturated rings. The molecule has 187 valence electrons. The molecule has 0 amide bonds. The molecule has 0 aliphatic heterocycles. The number of allylic oxidation sites excluding steroid dienone is 2. The molecular formula is C27H28CuFeN2O4+2. The second-order valence-electron chi connectivity index (χ2n) is 7.44. The molecule has 1 aromatic heterocycles. The van der Waals surface area contributed by atoms with Gasteiger partial charge in [-0.1, -0.05) is 25.1 Å². The van der Waals surface area contributed by atoms with Gasteiger partial charge in [0.05, 0.1) is 12.0 Å². The van der Waals surface area contributed by atoms with Gasteiger partial charge in [0.1, 0.15) is 0 Å². The molecule has 6 nitrogen and oxygen atoms in total. The van der Waals surface area contributed by atoms with Crippen molar-refractivity contribution in [2.75, 3.05) is 6.54 Å². The number of carboxylic acid groups (broad SMARTS) is 1. The Labute approximate surface area is 230 Å². The van der Waals surface area contributed by atoms with E-state index in [0.717, 1.165) is 28.5 Å². The molecule has 2 aromatic rings. The first-order valence-corrected chi connectivity index (χ1v) is 10.6. The van der Waals surface area contributed by atoms with Crippen molar-refractivity contribution in [1.82, 2.24) is 10.3 Å². The maximum absolute atomic E-state index is 11.3. The first kappa shape index (κ1) is 33.4. The molecule has 1 heterocycles. The van der Waals surface area contributed by atoms with Crippen LogP contribution in [0.15, 0.2) is 42.3 Å². The normalized spacial score (nSPS) is 16.1. The van der Waals surface area contributed by atoms with Gasteiger partial charge in [-0.15, -0.1) is 5.76 Å². The van der Waals surface area contributed by atoms with Crippen LogP contribution in [0.2, 0.25) is 0 Å². The molecule has 1 atom stereocenters. The Morgan fingerprint density at radius 2 is 1.54 bits per heavy atom. The fourth-order valence-electron chi connectivity index (χ4n) is 3.14. The molecule has 4 rings (SSSR count). The minimum absolute atomic E-state index is 0. The van der Waals surface area contributed by atoms with Crippen molar-refractivity contribution in [1.29, 1.82) is 0 Å². The van der Waals surface area contributed by atoms with Crippen molar-refractivity contribution >= 4 is 22.7 Å². The summed E-state index contributed by atoms with van der Waals surface area (Å²) in [5, 5.41) is 25.4. The summed E-state index contributed by atoms with van der Waals surface area (Å²) in [5.41, 5.74) is 2.00. The monoisotopic (exact) mass is 563 g/mol. The smallest absolute Gasteiger partial charge is 0.876 e. The van der Waals surface area contributed by atoms with Crippen LogP contribution in [-0.2, 0) is 50.1 Å². The first-order chi connectivity index (χ1) is 15.9. The summed E-state index contributed by atoms with van der Waals surface area (Å²) in [6.07, 6.45) is 21.1. The molecule has 0 spiro atoms. The topological polar surface area (TPSA) is 108 Å². The van der Waals surface area contributed by atoms with Crippen molar-refractivity contribution < 1.29 is 53.9 Å². The average Bonchev–Trinajstić information content (AvgIpc) is 3.55. The SMILES string of the molecule is CC(=O)/C=C(/C)[O-].O=C([O-])[C@H](Cc1c[nH]c2ccccc12)NC[C]1[CH][CH][CH][CH]1.[CH]1[CH][CH][CH][CH]1.[Cu+2].[Fe+2]. The fraction of sp³-hybridized carbons (Fsp3) is 0.185. The summed E-state index contributed by atoms with van der Waals surface area (Å²) in [7, 11) is 0. The summed E-state index contributed by atoms with van der Waals surface area (Å²) >= 11 is 0. The summed E-state index contributed by atoms with van der Waals surface area (Å²) in [5.74, 6) is -0.382. The molecule has 11 radical (unpaired) electrons. The summed E-state index contributed by atoms with van der Waals surface area (Å²) < 4.78 is 0. The minimum atomic E-state index is -1.08. The number of carbonyl (C=O) groups is 2. The zero-order valence-corrected chi connectivity index (χ0v) is 21.5. The van der Waals surface area contributed by atoms with Crippen LogP contribution in [0.1, 0.15) is 19.4 Å². The predicted molar refractivity (Wildman–Crippen MR) is 125 cm³/mol. The average molecular weight is 564 g/mol. The van der Waals surface area contributed by atoms with Crippen LogP contribution in [-0.4, -0.2) is 29.3 Å². The van der Waals surface area contributed by atoms with E-state index in [1.165, 1.54) is 13.8 Å². The molecule has 0 saturated heterocycles. The van der Waals surface area contributed by atoms with E-state index < -0.39 is 12.0 Å². The number of fused-ring (bicyclic) bond motifs is 1. The van der Waals surface area contributed by atoms with Crippen molar-refractivity contribution in [2.45, 2.75) is 26.3 Å². The summed E-state index contributed by atoms with van der Waals surface area (Å²) in [4.78, 5) is 24.5. The molecule has 1 aromatic carbocycles. The van der Waals surface area contributed by atoms with Gasteiger partial charge in [0.15, 0.2) is 5.78 Å². The Morgan fingerprint density at radius 3 is 2.03 bits per heavy atom. The number of ketones is 1. The first-order valence-electron chi connectivity index (χ1n) is 10.6. The second kappa shape index (κ2) is 18.7. The van der Waals surface area contributed by atoms with Crippen LogP contribution in [0.4, 0.5) is 0 Å². The van der Waals surface area contributed by atoms with Gasteiger partial charge in [-0.3, -0.25) is 4.79 Å². The third-order valence-corrected chi connectivity index (χ3v) is 4.63. The maximum Gasteiger partial charge on any atom is 2.00 e. The number of aliphatic carboxylic acids is 1. The molecule has 35 heavy (non-hydrogen) atoms. The van der Waals surface area contributed by atoms with E-state index >= 15 is 0 Å². The molecule has 8 heteroatoms. The van der Waals surface area contributed by atoms with Crippen molar-refractivity contribution in [2.24, 2.45) is 0 Å². The van der Waals surface area contributed by atoms with Crippen LogP contribution in [0.25, 0.3) is 10.9 Å². The zero-order valence-electron chi connectivity index (χ0n) is 19.4. The van der Waals surface area contributed by atoms with Gasteiger partial charge in [-0.2, -0.15) is 0 Å². The minimum Gasteiger partial charge on any atom is -0.876 e. The van der Waals surface area contributed by atoms with Crippen LogP contribution in [0.3, 0.4) is 0 Å². The molecule has 2 aliphatic rings. The molecule has 2 aliphatic carbocycles. The number of para-hydroxylation sites is 1. The fourth-order valence-corrected chi connectivity index (χ4v) is 3.14. The number of hydrogen-bond donors (Lipinski definition) is 2. The number of aromatic nitrogens is 1. The number of carbonyl (C=O) groups excluding carboxylic acids is 2. The Morgan fingerprint density at radius 1 is 0.971 bits per heavy atom. The van der Waals surface area contributed by atoms with Crippen LogP contribution in [0, 0.1) is 63.7 Å². The molecule has 2 N–H and O–H groups in total. The molecule has 2 saturated carbocycles. The van der Waals surface area contributed by atoms with Crippen molar-refractivity contribution in [3.8, 4) is 0 Å².